The summed E-state index contributed by atoms with van der Waals surface area (Å²) in [5.74, 6) is -1.84. The maximum Gasteiger partial charge on any atom is 0.303 e. The van der Waals surface area contributed by atoms with Gasteiger partial charge in [0.25, 0.3) is 0 Å². The number of fused-ring (bicyclic) bond motifs is 1. The number of benzene rings is 3. The second-order valence-electron chi connectivity index (χ2n) is 15.9. The molecule has 1 heterocycles. The zero-order valence-corrected chi connectivity index (χ0v) is 33.9. The first-order chi connectivity index (χ1) is 27.0. The highest BCUT2D eigenvalue weighted by Crippen LogP contribution is 2.32. The van der Waals surface area contributed by atoms with Crippen LogP contribution in [0.25, 0.3) is 21.9 Å². The number of hydrogen-bond acceptors (Lipinski definition) is 7. The van der Waals surface area contributed by atoms with Gasteiger partial charge in [-0.25, -0.2) is 0 Å². The molecule has 9 nitrogen and oxygen atoms in total. The van der Waals surface area contributed by atoms with Crippen LogP contribution in [0.3, 0.4) is 0 Å². The highest BCUT2D eigenvalue weighted by molar-refractivity contribution is 5.96. The molecule has 1 amide bonds. The highest BCUT2D eigenvalue weighted by Gasteiger charge is 2.26. The summed E-state index contributed by atoms with van der Waals surface area (Å²) in [6, 6.07) is 25.5. The minimum atomic E-state index is -0.973. The number of Topliss-reactive ketones (excluding diaryl/α,β-unsaturated/α-hetero) is 1. The van der Waals surface area contributed by atoms with Gasteiger partial charge in [-0.2, -0.15) is 0 Å². The molecule has 9 heteroatoms. The van der Waals surface area contributed by atoms with E-state index in [1.54, 1.807) is 6.20 Å². The third-order valence-electron chi connectivity index (χ3n) is 9.91. The SMILES string of the molecule is Cc1ccnc(CCCCC(=O)N[C@@H](CCCCOCCOCCOCCC(C)(C)C)C(=O)C[C@H](CC(=O)O)c2ccc(-c3cccc4ccccc34)cc2)c1. The number of carbonyl (C=O) groups is 3. The number of rotatable bonds is 26. The number of aryl methyl sites for hydroxylation is 2. The van der Waals surface area contributed by atoms with E-state index in [2.05, 4.69) is 61.4 Å². The van der Waals surface area contributed by atoms with Gasteiger partial charge in [0.05, 0.1) is 38.9 Å². The minimum absolute atomic E-state index is 0.0116. The van der Waals surface area contributed by atoms with Crippen molar-refractivity contribution in [3.05, 3.63) is 102 Å². The standard InChI is InChI=1S/C47H62N2O7/c1-35-23-25-48-40(32-35)14-6-8-18-45(51)49-43(17-9-10-26-54-28-30-56-31-29-55-27-24-47(2,3)4)44(50)33-39(34-46(52)53)36-19-21-38(22-20-36)42-16-11-13-37-12-5-7-15-41(37)42/h5,7,11-13,15-16,19-23,25,32,39,43H,6,8-10,14,17-18,24,26-31,33-34H2,1-4H3,(H,49,51)(H,52,53)/t39-,43+/m1/s1. The predicted molar refractivity (Wildman–Crippen MR) is 223 cm³/mol. The highest BCUT2D eigenvalue weighted by atomic mass is 16.5. The molecule has 2 atom stereocenters. The van der Waals surface area contributed by atoms with E-state index in [1.807, 2.05) is 55.5 Å². The molecular weight excluding hydrogens is 705 g/mol. The number of ether oxygens (including phenoxy) is 3. The van der Waals surface area contributed by atoms with Crippen LogP contribution in [-0.4, -0.2) is 73.4 Å². The van der Waals surface area contributed by atoms with Crippen molar-refractivity contribution in [2.24, 2.45) is 5.41 Å². The molecule has 3 aromatic carbocycles. The number of aliphatic carboxylic acids is 1. The van der Waals surface area contributed by atoms with Gasteiger partial charge in [0.1, 0.15) is 0 Å². The minimum Gasteiger partial charge on any atom is -0.481 e. The Bertz CT molecular complexity index is 1800. The molecule has 302 valence electrons. The van der Waals surface area contributed by atoms with Gasteiger partial charge < -0.3 is 24.6 Å². The Kier molecular flexibility index (Phi) is 18.6. The van der Waals surface area contributed by atoms with Crippen LogP contribution in [0, 0.1) is 12.3 Å². The number of nitrogens with one attached hydrogen (secondary N) is 1. The average Bonchev–Trinajstić information content (AvgIpc) is 3.17. The maximum absolute atomic E-state index is 13.9. The summed E-state index contributed by atoms with van der Waals surface area (Å²) >= 11 is 0. The van der Waals surface area contributed by atoms with Gasteiger partial charge in [0, 0.05) is 43.9 Å². The first-order valence-electron chi connectivity index (χ1n) is 20.3. The molecule has 0 saturated carbocycles. The zero-order valence-electron chi connectivity index (χ0n) is 33.9. The van der Waals surface area contributed by atoms with Crippen LogP contribution in [0.5, 0.6) is 0 Å². The molecule has 1 aromatic heterocycles. The van der Waals surface area contributed by atoms with E-state index in [0.29, 0.717) is 65.1 Å². The first-order valence-corrected chi connectivity index (χ1v) is 20.3. The molecule has 0 aliphatic rings. The largest absolute Gasteiger partial charge is 0.481 e. The van der Waals surface area contributed by atoms with E-state index in [0.717, 1.165) is 64.6 Å². The van der Waals surface area contributed by atoms with Gasteiger partial charge in [0.2, 0.25) is 5.91 Å². The van der Waals surface area contributed by atoms with E-state index in [9.17, 15) is 19.5 Å². The normalized spacial score (nSPS) is 12.7. The fraction of sp³-hybridized carbons (Fsp3) is 0.489. The number of ketones is 1. The van der Waals surface area contributed by atoms with Gasteiger partial charge in [0.15, 0.2) is 5.78 Å². The average molecular weight is 767 g/mol. The second-order valence-corrected chi connectivity index (χ2v) is 15.9. The Labute approximate surface area is 333 Å². The summed E-state index contributed by atoms with van der Waals surface area (Å²) in [6.45, 7) is 11.9. The molecule has 4 aromatic rings. The molecule has 2 N–H and O–H groups in total. The third-order valence-corrected chi connectivity index (χ3v) is 9.91. The van der Waals surface area contributed by atoms with Crippen molar-refractivity contribution in [3.8, 4) is 11.1 Å². The summed E-state index contributed by atoms with van der Waals surface area (Å²) in [4.78, 5) is 43.5. The Balaban J connectivity index is 1.31. The Morgan fingerprint density at radius 1 is 0.768 bits per heavy atom. The molecule has 0 unspecified atom stereocenters. The smallest absolute Gasteiger partial charge is 0.303 e. The Hall–Kier alpha value is -4.44. The van der Waals surface area contributed by atoms with Crippen LogP contribution in [0.4, 0.5) is 0 Å². The van der Waals surface area contributed by atoms with Gasteiger partial charge in [-0.15, -0.1) is 0 Å². The van der Waals surface area contributed by atoms with Crippen LogP contribution in [0.15, 0.2) is 85.1 Å². The molecular formula is C47H62N2O7. The molecule has 0 spiro atoms. The number of aromatic nitrogens is 1. The Morgan fingerprint density at radius 2 is 1.46 bits per heavy atom. The number of hydrogen-bond donors (Lipinski definition) is 2. The number of carbonyl (C=O) groups excluding carboxylic acids is 2. The summed E-state index contributed by atoms with van der Waals surface area (Å²) in [5.41, 5.74) is 5.30. The molecule has 0 aliphatic carbocycles. The number of carboxylic acid groups (broad SMARTS) is 1. The summed E-state index contributed by atoms with van der Waals surface area (Å²) in [7, 11) is 0. The second kappa shape index (κ2) is 23.6. The van der Waals surface area contributed by atoms with Crippen LogP contribution in [0.2, 0.25) is 0 Å². The number of amides is 1. The lowest BCUT2D eigenvalue weighted by molar-refractivity contribution is -0.137. The van der Waals surface area contributed by atoms with E-state index in [4.69, 9.17) is 14.2 Å². The summed E-state index contributed by atoms with van der Waals surface area (Å²) in [6.07, 6.45) is 7.02. The molecule has 56 heavy (non-hydrogen) atoms. The van der Waals surface area contributed by atoms with Crippen molar-refractivity contribution in [3.63, 3.8) is 0 Å². The quantitative estimate of drug-likeness (QED) is 0.0607. The Morgan fingerprint density at radius 3 is 2.18 bits per heavy atom. The van der Waals surface area contributed by atoms with Gasteiger partial charge in [-0.3, -0.25) is 19.4 Å². The van der Waals surface area contributed by atoms with Crippen LogP contribution >= 0.6 is 0 Å². The van der Waals surface area contributed by atoms with Crippen molar-refractivity contribution in [2.45, 2.75) is 104 Å². The fourth-order valence-corrected chi connectivity index (χ4v) is 6.70. The van der Waals surface area contributed by atoms with Crippen LogP contribution < -0.4 is 5.32 Å². The number of pyridine rings is 1. The van der Waals surface area contributed by atoms with Crippen molar-refractivity contribution in [1.82, 2.24) is 10.3 Å². The van der Waals surface area contributed by atoms with Crippen molar-refractivity contribution in [2.75, 3.05) is 39.6 Å². The number of carboxylic acids is 1. The molecule has 0 saturated heterocycles. The lowest BCUT2D eigenvalue weighted by Crippen LogP contribution is -2.41. The van der Waals surface area contributed by atoms with E-state index in [-0.39, 0.29) is 29.9 Å². The predicted octanol–water partition coefficient (Wildman–Crippen LogP) is 9.28. The molecule has 4 rings (SSSR count). The van der Waals surface area contributed by atoms with Crippen molar-refractivity contribution >= 4 is 28.4 Å². The monoisotopic (exact) mass is 766 g/mol. The molecule has 0 aliphatic heterocycles. The third kappa shape index (κ3) is 16.3. The van der Waals surface area contributed by atoms with Gasteiger partial charge in [-0.05, 0) is 102 Å². The lowest BCUT2D eigenvalue weighted by Gasteiger charge is -2.22. The number of nitrogens with zero attached hydrogens (tertiary/aromatic N) is 1. The van der Waals surface area contributed by atoms with Crippen molar-refractivity contribution in [1.29, 1.82) is 0 Å². The maximum atomic E-state index is 13.9. The van der Waals surface area contributed by atoms with E-state index >= 15 is 0 Å². The van der Waals surface area contributed by atoms with Crippen molar-refractivity contribution < 1.29 is 33.7 Å². The molecule has 0 radical (unpaired) electrons. The first kappa shape index (κ1) is 44.3. The fourth-order valence-electron chi connectivity index (χ4n) is 6.70. The molecule has 0 fully saturated rings. The van der Waals surface area contributed by atoms with E-state index in [1.165, 1.54) is 0 Å². The lowest BCUT2D eigenvalue weighted by atomic mass is 9.87. The zero-order chi connectivity index (χ0) is 40.2. The number of unbranched alkanes of at least 4 members (excludes halogenated alkanes) is 2. The summed E-state index contributed by atoms with van der Waals surface area (Å²) in [5, 5.41) is 15.1. The molecule has 0 bridgehead atoms. The van der Waals surface area contributed by atoms with Gasteiger partial charge in [-0.1, -0.05) is 87.5 Å². The van der Waals surface area contributed by atoms with Crippen LogP contribution in [0.1, 0.15) is 101 Å². The van der Waals surface area contributed by atoms with Gasteiger partial charge >= 0.3 is 5.97 Å². The van der Waals surface area contributed by atoms with E-state index < -0.39 is 17.9 Å². The topological polar surface area (TPSA) is 124 Å². The summed E-state index contributed by atoms with van der Waals surface area (Å²) < 4.78 is 17.0. The van der Waals surface area contributed by atoms with Crippen LogP contribution in [-0.2, 0) is 35.0 Å².